The number of aryl methyl sites for hydroxylation is 1. The van der Waals surface area contributed by atoms with Crippen LogP contribution in [0, 0.1) is 6.92 Å². The van der Waals surface area contributed by atoms with E-state index in [1.54, 1.807) is 19.2 Å². The van der Waals surface area contributed by atoms with Crippen LogP contribution in [0.5, 0.6) is 0 Å². The first-order valence-electron chi connectivity index (χ1n) is 7.64. The summed E-state index contributed by atoms with van der Waals surface area (Å²) in [5, 5.41) is 3.38. The van der Waals surface area contributed by atoms with Crippen LogP contribution in [-0.4, -0.2) is 43.4 Å². The molecule has 1 aliphatic carbocycles. The van der Waals surface area contributed by atoms with Crippen LogP contribution < -0.4 is 5.32 Å². The molecule has 0 unspecified atom stereocenters. The Morgan fingerprint density at radius 1 is 1.32 bits per heavy atom. The second-order valence-electron chi connectivity index (χ2n) is 5.66. The Balaban J connectivity index is 1.79. The summed E-state index contributed by atoms with van der Waals surface area (Å²) in [7, 11) is 1.67. The van der Waals surface area contributed by atoms with Crippen molar-refractivity contribution in [3.8, 4) is 0 Å². The molecule has 0 aliphatic heterocycles. The van der Waals surface area contributed by atoms with Gasteiger partial charge in [0.15, 0.2) is 0 Å². The molecule has 1 amide bonds. The van der Waals surface area contributed by atoms with Crippen molar-refractivity contribution >= 4 is 17.5 Å². The van der Waals surface area contributed by atoms with Crippen LogP contribution >= 0.6 is 11.6 Å². The molecule has 0 radical (unpaired) electrons. The van der Waals surface area contributed by atoms with Gasteiger partial charge in [-0.2, -0.15) is 0 Å². The number of halogens is 1. The number of rotatable bonds is 6. The van der Waals surface area contributed by atoms with Gasteiger partial charge >= 0.3 is 0 Å². The van der Waals surface area contributed by atoms with Crippen LogP contribution in [-0.2, 0) is 9.47 Å². The lowest BCUT2D eigenvalue weighted by atomic mass is 9.93. The molecule has 1 N–H and O–H groups in total. The first kappa shape index (κ1) is 17.2. The molecule has 1 fully saturated rings. The fourth-order valence-electron chi connectivity index (χ4n) is 2.67. The summed E-state index contributed by atoms with van der Waals surface area (Å²) in [6.45, 7) is 3.15. The molecule has 0 bridgehead atoms. The largest absolute Gasteiger partial charge is 0.382 e. The highest BCUT2D eigenvalue weighted by molar-refractivity contribution is 6.29. The molecule has 122 valence electrons. The van der Waals surface area contributed by atoms with Crippen molar-refractivity contribution in [1.29, 1.82) is 0 Å². The van der Waals surface area contributed by atoms with E-state index in [-0.39, 0.29) is 18.1 Å². The van der Waals surface area contributed by atoms with E-state index in [0.717, 1.165) is 31.2 Å². The fraction of sp³-hybridized carbons (Fsp3) is 0.625. The highest BCUT2D eigenvalue weighted by atomic mass is 35.5. The van der Waals surface area contributed by atoms with Crippen molar-refractivity contribution in [3.05, 3.63) is 28.5 Å². The van der Waals surface area contributed by atoms with Gasteiger partial charge in [-0.15, -0.1) is 0 Å². The SMILES string of the molecule is COCCO[C@H]1CC[C@H](NC(=O)c2cc(C)cc(Cl)n2)CC1. The molecule has 1 aliphatic rings. The number of carbonyl (C=O) groups is 1. The van der Waals surface area contributed by atoms with Gasteiger partial charge in [0.1, 0.15) is 10.8 Å². The topological polar surface area (TPSA) is 60.5 Å². The van der Waals surface area contributed by atoms with Crippen LogP contribution in [0.1, 0.15) is 41.7 Å². The number of ether oxygens (including phenoxy) is 2. The third-order valence-corrected chi connectivity index (χ3v) is 4.02. The summed E-state index contributed by atoms with van der Waals surface area (Å²) < 4.78 is 10.7. The zero-order valence-electron chi connectivity index (χ0n) is 13.1. The Kier molecular flexibility index (Phi) is 6.61. The third-order valence-electron chi connectivity index (χ3n) is 3.82. The number of nitrogens with zero attached hydrogens (tertiary/aromatic N) is 1. The summed E-state index contributed by atoms with van der Waals surface area (Å²) in [4.78, 5) is 16.3. The van der Waals surface area contributed by atoms with Crippen molar-refractivity contribution in [3.63, 3.8) is 0 Å². The second kappa shape index (κ2) is 8.46. The first-order valence-corrected chi connectivity index (χ1v) is 8.02. The monoisotopic (exact) mass is 326 g/mol. The maximum atomic E-state index is 12.2. The van der Waals surface area contributed by atoms with Crippen molar-refractivity contribution < 1.29 is 14.3 Å². The van der Waals surface area contributed by atoms with E-state index in [4.69, 9.17) is 21.1 Å². The van der Waals surface area contributed by atoms with Crippen molar-refractivity contribution in [1.82, 2.24) is 10.3 Å². The van der Waals surface area contributed by atoms with Crippen molar-refractivity contribution in [2.45, 2.75) is 44.8 Å². The van der Waals surface area contributed by atoms with E-state index in [9.17, 15) is 4.79 Å². The van der Waals surface area contributed by atoms with E-state index in [2.05, 4.69) is 10.3 Å². The lowest BCUT2D eigenvalue weighted by Crippen LogP contribution is -2.39. The predicted octanol–water partition coefficient (Wildman–Crippen LogP) is 2.75. The molecular formula is C16H23ClN2O3. The minimum Gasteiger partial charge on any atom is -0.382 e. The Morgan fingerprint density at radius 3 is 2.68 bits per heavy atom. The smallest absolute Gasteiger partial charge is 0.270 e. The summed E-state index contributed by atoms with van der Waals surface area (Å²) in [5.74, 6) is -0.158. The average molecular weight is 327 g/mol. The van der Waals surface area contributed by atoms with Crippen LogP contribution in [0.15, 0.2) is 12.1 Å². The number of amides is 1. The molecule has 0 atom stereocenters. The molecule has 1 aromatic rings. The first-order chi connectivity index (χ1) is 10.6. The van der Waals surface area contributed by atoms with Gasteiger partial charge in [0, 0.05) is 13.2 Å². The van der Waals surface area contributed by atoms with Gasteiger partial charge in [-0.1, -0.05) is 11.6 Å². The quantitative estimate of drug-likeness (QED) is 0.645. The lowest BCUT2D eigenvalue weighted by Gasteiger charge is -2.29. The van der Waals surface area contributed by atoms with Crippen LogP contribution in [0.4, 0.5) is 0 Å². The van der Waals surface area contributed by atoms with Crippen LogP contribution in [0.25, 0.3) is 0 Å². The molecule has 1 saturated carbocycles. The van der Waals surface area contributed by atoms with E-state index in [0.29, 0.717) is 24.1 Å². The molecular weight excluding hydrogens is 304 g/mol. The maximum Gasteiger partial charge on any atom is 0.270 e. The van der Waals surface area contributed by atoms with Gasteiger partial charge in [0.25, 0.3) is 5.91 Å². The Morgan fingerprint density at radius 2 is 2.05 bits per heavy atom. The highest BCUT2D eigenvalue weighted by Gasteiger charge is 2.23. The van der Waals surface area contributed by atoms with Gasteiger partial charge in [0.2, 0.25) is 0 Å². The molecule has 0 spiro atoms. The van der Waals surface area contributed by atoms with Crippen molar-refractivity contribution in [2.75, 3.05) is 20.3 Å². The third kappa shape index (κ3) is 5.23. The van der Waals surface area contributed by atoms with Crippen molar-refractivity contribution in [2.24, 2.45) is 0 Å². The van der Waals surface area contributed by atoms with Gasteiger partial charge < -0.3 is 14.8 Å². The maximum absolute atomic E-state index is 12.2. The summed E-state index contributed by atoms with van der Waals surface area (Å²) in [5.41, 5.74) is 1.31. The van der Waals surface area contributed by atoms with Crippen LogP contribution in [0.2, 0.25) is 5.15 Å². The summed E-state index contributed by atoms with van der Waals surface area (Å²) >= 11 is 5.90. The summed E-state index contributed by atoms with van der Waals surface area (Å²) in [6.07, 6.45) is 4.02. The number of hydrogen-bond donors (Lipinski definition) is 1. The molecule has 0 aromatic carbocycles. The van der Waals surface area contributed by atoms with E-state index in [1.165, 1.54) is 0 Å². The van der Waals surface area contributed by atoms with Gasteiger partial charge in [-0.25, -0.2) is 4.98 Å². The number of nitrogens with one attached hydrogen (secondary N) is 1. The predicted molar refractivity (Wildman–Crippen MR) is 85.3 cm³/mol. The zero-order chi connectivity index (χ0) is 15.9. The van der Waals surface area contributed by atoms with Gasteiger partial charge in [0.05, 0.1) is 19.3 Å². The Bertz CT molecular complexity index is 482. The molecule has 2 rings (SSSR count). The average Bonchev–Trinajstić information content (AvgIpc) is 2.48. The van der Waals surface area contributed by atoms with Gasteiger partial charge in [-0.3, -0.25) is 4.79 Å². The minimum atomic E-state index is -0.158. The molecule has 1 aromatic heterocycles. The number of aromatic nitrogens is 1. The second-order valence-corrected chi connectivity index (χ2v) is 6.05. The Hall–Kier alpha value is -1.17. The van der Waals surface area contributed by atoms with E-state index in [1.807, 2.05) is 6.92 Å². The number of hydrogen-bond acceptors (Lipinski definition) is 4. The zero-order valence-corrected chi connectivity index (χ0v) is 13.9. The number of pyridine rings is 1. The molecule has 0 saturated heterocycles. The normalized spacial score (nSPS) is 21.6. The standard InChI is InChI=1S/C16H23ClN2O3/c1-11-9-14(19-15(17)10-11)16(20)18-12-3-5-13(6-4-12)22-8-7-21-2/h9-10,12-13H,3-8H2,1-2H3,(H,18,20)/t12-,13-. The molecule has 6 heteroatoms. The minimum absolute atomic E-state index is 0.158. The summed E-state index contributed by atoms with van der Waals surface area (Å²) in [6, 6.07) is 3.66. The van der Waals surface area contributed by atoms with E-state index < -0.39 is 0 Å². The molecule has 22 heavy (non-hydrogen) atoms. The number of carbonyl (C=O) groups excluding carboxylic acids is 1. The van der Waals surface area contributed by atoms with Gasteiger partial charge in [-0.05, 0) is 50.3 Å². The van der Waals surface area contributed by atoms with E-state index >= 15 is 0 Å². The van der Waals surface area contributed by atoms with Crippen LogP contribution in [0.3, 0.4) is 0 Å². The Labute approximate surface area is 136 Å². The highest BCUT2D eigenvalue weighted by Crippen LogP contribution is 2.21. The molecule has 5 nitrogen and oxygen atoms in total. The lowest BCUT2D eigenvalue weighted by molar-refractivity contribution is -0.00409. The number of methoxy groups -OCH3 is 1. The fourth-order valence-corrected chi connectivity index (χ4v) is 2.94. The molecule has 1 heterocycles.